The SMILES string of the molecule is CC/C=C\C/C=C\C/C=C\C/C=C\C/C=C\CCCC(=O)N[C@@H](CCC(=O)O)C(=O)O. The van der Waals surface area contributed by atoms with Crippen LogP contribution >= 0.6 is 0 Å². The van der Waals surface area contributed by atoms with Crippen LogP contribution in [0.5, 0.6) is 0 Å². The molecule has 0 bridgehead atoms. The molecule has 0 rings (SSSR count). The normalized spacial score (nSPS) is 13.2. The number of carboxylic acid groups (broad SMARTS) is 2. The number of rotatable bonds is 18. The molecule has 1 atom stereocenters. The number of hydrogen-bond donors (Lipinski definition) is 3. The molecule has 0 unspecified atom stereocenters. The third-order valence-electron chi connectivity index (χ3n) is 4.21. The highest BCUT2D eigenvalue weighted by Crippen LogP contribution is 2.02. The lowest BCUT2D eigenvalue weighted by Gasteiger charge is -2.13. The minimum atomic E-state index is -1.22. The van der Waals surface area contributed by atoms with Crippen molar-refractivity contribution >= 4 is 17.8 Å². The van der Waals surface area contributed by atoms with Gasteiger partial charge in [-0.05, 0) is 51.4 Å². The summed E-state index contributed by atoms with van der Waals surface area (Å²) >= 11 is 0. The van der Waals surface area contributed by atoms with Crippen LogP contribution in [0.25, 0.3) is 0 Å². The first-order valence-electron chi connectivity index (χ1n) is 11.0. The molecule has 31 heavy (non-hydrogen) atoms. The molecule has 0 spiro atoms. The van der Waals surface area contributed by atoms with Crippen molar-refractivity contribution in [3.8, 4) is 0 Å². The van der Waals surface area contributed by atoms with Gasteiger partial charge in [-0.2, -0.15) is 0 Å². The highest BCUT2D eigenvalue weighted by atomic mass is 16.4. The fraction of sp³-hybridized carbons (Fsp3) is 0.480. The van der Waals surface area contributed by atoms with Gasteiger partial charge in [-0.15, -0.1) is 0 Å². The number of amides is 1. The Morgan fingerprint density at radius 3 is 1.68 bits per heavy atom. The molecule has 0 saturated carbocycles. The van der Waals surface area contributed by atoms with E-state index in [-0.39, 0.29) is 25.2 Å². The summed E-state index contributed by atoms with van der Waals surface area (Å²) in [5.41, 5.74) is 0. The van der Waals surface area contributed by atoms with Crippen molar-refractivity contribution in [2.45, 2.75) is 77.2 Å². The van der Waals surface area contributed by atoms with E-state index in [1.54, 1.807) is 0 Å². The van der Waals surface area contributed by atoms with Gasteiger partial charge in [0.25, 0.3) is 0 Å². The lowest BCUT2D eigenvalue weighted by Crippen LogP contribution is -2.41. The molecule has 0 fully saturated rings. The Bertz CT molecular complexity index is 659. The number of unbranched alkanes of at least 4 members (excludes halogenated alkanes) is 1. The van der Waals surface area contributed by atoms with Gasteiger partial charge in [0.2, 0.25) is 5.91 Å². The quantitative estimate of drug-likeness (QED) is 0.201. The monoisotopic (exact) mass is 431 g/mol. The van der Waals surface area contributed by atoms with Gasteiger partial charge < -0.3 is 15.5 Å². The first-order chi connectivity index (χ1) is 15.0. The van der Waals surface area contributed by atoms with Gasteiger partial charge in [0.05, 0.1) is 0 Å². The molecule has 0 aliphatic carbocycles. The fourth-order valence-electron chi connectivity index (χ4n) is 2.54. The highest BCUT2D eigenvalue weighted by Gasteiger charge is 2.20. The van der Waals surface area contributed by atoms with E-state index < -0.39 is 18.0 Å². The molecule has 172 valence electrons. The molecular weight excluding hydrogens is 394 g/mol. The Hall–Kier alpha value is -2.89. The summed E-state index contributed by atoms with van der Waals surface area (Å²) in [6, 6.07) is -1.16. The van der Waals surface area contributed by atoms with Crippen molar-refractivity contribution in [3.63, 3.8) is 0 Å². The molecule has 0 saturated heterocycles. The first kappa shape index (κ1) is 28.1. The summed E-state index contributed by atoms with van der Waals surface area (Å²) in [7, 11) is 0. The van der Waals surface area contributed by atoms with E-state index in [9.17, 15) is 14.4 Å². The maximum Gasteiger partial charge on any atom is 0.326 e. The Labute approximate surface area is 186 Å². The number of nitrogens with one attached hydrogen (secondary N) is 1. The predicted octanol–water partition coefficient (Wildman–Crippen LogP) is 5.34. The second kappa shape index (κ2) is 20.4. The highest BCUT2D eigenvalue weighted by molar-refractivity contribution is 5.83. The molecule has 0 aromatic rings. The molecule has 0 aromatic carbocycles. The van der Waals surface area contributed by atoms with E-state index in [2.05, 4.69) is 60.8 Å². The van der Waals surface area contributed by atoms with Gasteiger partial charge in [0.1, 0.15) is 6.04 Å². The average Bonchev–Trinajstić information content (AvgIpc) is 2.73. The first-order valence-corrected chi connectivity index (χ1v) is 11.0. The molecular formula is C25H37NO5. The van der Waals surface area contributed by atoms with Crippen LogP contribution in [0.15, 0.2) is 60.8 Å². The van der Waals surface area contributed by atoms with Crippen LogP contribution in [-0.2, 0) is 14.4 Å². The second-order valence-corrected chi connectivity index (χ2v) is 6.99. The zero-order valence-corrected chi connectivity index (χ0v) is 18.5. The summed E-state index contributed by atoms with van der Waals surface area (Å²) in [5, 5.41) is 20.0. The van der Waals surface area contributed by atoms with Gasteiger partial charge in [-0.3, -0.25) is 9.59 Å². The predicted molar refractivity (Wildman–Crippen MR) is 125 cm³/mol. The van der Waals surface area contributed by atoms with E-state index in [4.69, 9.17) is 10.2 Å². The Balaban J connectivity index is 3.80. The zero-order chi connectivity index (χ0) is 23.2. The van der Waals surface area contributed by atoms with Crippen molar-refractivity contribution in [1.82, 2.24) is 5.32 Å². The minimum Gasteiger partial charge on any atom is -0.481 e. The van der Waals surface area contributed by atoms with Gasteiger partial charge in [0, 0.05) is 12.8 Å². The van der Waals surface area contributed by atoms with Crippen LogP contribution < -0.4 is 5.32 Å². The number of carbonyl (C=O) groups is 3. The number of carboxylic acids is 2. The molecule has 0 aliphatic rings. The van der Waals surface area contributed by atoms with Crippen LogP contribution in [0.3, 0.4) is 0 Å². The number of carbonyl (C=O) groups excluding carboxylic acids is 1. The van der Waals surface area contributed by atoms with Gasteiger partial charge >= 0.3 is 11.9 Å². The van der Waals surface area contributed by atoms with Crippen LogP contribution in [0.1, 0.15) is 71.1 Å². The third kappa shape index (κ3) is 20.2. The summed E-state index contributed by atoms with van der Waals surface area (Å²) in [5.74, 6) is -2.67. The average molecular weight is 432 g/mol. The van der Waals surface area contributed by atoms with E-state index >= 15 is 0 Å². The van der Waals surface area contributed by atoms with E-state index in [0.717, 1.165) is 38.5 Å². The maximum absolute atomic E-state index is 11.8. The standard InChI is InChI=1S/C25H37NO5/c1-2-3-4-5-6-7-8-9-10-11-12-13-14-15-16-17-18-19-23(27)26-22(25(30)31)20-21-24(28)29/h3-4,6-7,9-10,12-13,15-16,22H,2,5,8,11,14,17-21H2,1H3,(H,26,27)(H,28,29)(H,30,31)/b4-3-,7-6-,10-9-,13-12-,16-15-/t22-/m0/s1. The summed E-state index contributed by atoms with van der Waals surface area (Å²) in [4.78, 5) is 33.4. The number of hydrogen-bond acceptors (Lipinski definition) is 3. The Kier molecular flexibility index (Phi) is 18.5. The molecule has 0 aromatic heterocycles. The molecule has 0 aliphatic heterocycles. The minimum absolute atomic E-state index is 0.120. The van der Waals surface area contributed by atoms with Crippen LogP contribution in [0.2, 0.25) is 0 Å². The molecule has 1 amide bonds. The lowest BCUT2D eigenvalue weighted by molar-refractivity contribution is -0.143. The zero-order valence-electron chi connectivity index (χ0n) is 18.5. The molecule has 6 nitrogen and oxygen atoms in total. The smallest absolute Gasteiger partial charge is 0.326 e. The van der Waals surface area contributed by atoms with Crippen molar-refractivity contribution < 1.29 is 24.6 Å². The number of allylic oxidation sites excluding steroid dienone is 10. The van der Waals surface area contributed by atoms with E-state index in [0.29, 0.717) is 6.42 Å². The Morgan fingerprint density at radius 1 is 0.742 bits per heavy atom. The summed E-state index contributed by atoms with van der Waals surface area (Å²) in [6.07, 6.45) is 27.1. The molecule has 0 radical (unpaired) electrons. The van der Waals surface area contributed by atoms with Gasteiger partial charge in [0.15, 0.2) is 0 Å². The lowest BCUT2D eigenvalue weighted by atomic mass is 10.1. The largest absolute Gasteiger partial charge is 0.481 e. The molecule has 6 heteroatoms. The van der Waals surface area contributed by atoms with Crippen molar-refractivity contribution in [1.29, 1.82) is 0 Å². The van der Waals surface area contributed by atoms with Crippen LogP contribution in [-0.4, -0.2) is 34.1 Å². The number of aliphatic carboxylic acids is 2. The van der Waals surface area contributed by atoms with Gasteiger partial charge in [-0.1, -0.05) is 67.7 Å². The van der Waals surface area contributed by atoms with E-state index in [1.807, 2.05) is 12.2 Å². The van der Waals surface area contributed by atoms with Crippen molar-refractivity contribution in [2.75, 3.05) is 0 Å². The fourth-order valence-corrected chi connectivity index (χ4v) is 2.54. The maximum atomic E-state index is 11.8. The van der Waals surface area contributed by atoms with Crippen molar-refractivity contribution in [3.05, 3.63) is 60.8 Å². The van der Waals surface area contributed by atoms with Crippen LogP contribution in [0, 0.1) is 0 Å². The van der Waals surface area contributed by atoms with Gasteiger partial charge in [-0.25, -0.2) is 4.79 Å². The summed E-state index contributed by atoms with van der Waals surface area (Å²) in [6.45, 7) is 2.13. The van der Waals surface area contributed by atoms with Crippen molar-refractivity contribution in [2.24, 2.45) is 0 Å². The topological polar surface area (TPSA) is 104 Å². The third-order valence-corrected chi connectivity index (χ3v) is 4.21. The van der Waals surface area contributed by atoms with E-state index in [1.165, 1.54) is 0 Å². The second-order valence-electron chi connectivity index (χ2n) is 6.99. The van der Waals surface area contributed by atoms with Crippen LogP contribution in [0.4, 0.5) is 0 Å². The Morgan fingerprint density at radius 2 is 1.23 bits per heavy atom. The summed E-state index contributed by atoms with van der Waals surface area (Å²) < 4.78 is 0. The molecule has 3 N–H and O–H groups in total. The molecule has 0 heterocycles.